The van der Waals surface area contributed by atoms with Crippen LogP contribution in [0, 0.1) is 5.92 Å². The van der Waals surface area contributed by atoms with Crippen LogP contribution in [0.4, 0.5) is 0 Å². The number of likely N-dealkylation sites (tertiary alicyclic amines) is 1. The summed E-state index contributed by atoms with van der Waals surface area (Å²) >= 11 is 0. The number of carbonyl (C=O) groups is 4. The first-order valence-electron chi connectivity index (χ1n) is 12.1. The molecule has 2 aromatic rings. The third kappa shape index (κ3) is 5.06. The zero-order valence-corrected chi connectivity index (χ0v) is 20.4. The van der Waals surface area contributed by atoms with Crippen LogP contribution < -0.4 is 10.1 Å². The van der Waals surface area contributed by atoms with Crippen LogP contribution in [0.1, 0.15) is 70.3 Å². The Morgan fingerprint density at radius 3 is 2.40 bits per heavy atom. The van der Waals surface area contributed by atoms with Gasteiger partial charge in [-0.25, -0.2) is 0 Å². The first-order valence-corrected chi connectivity index (χ1v) is 12.1. The van der Waals surface area contributed by atoms with E-state index in [1.54, 1.807) is 47.4 Å². The number of nitrogens with zero attached hydrogens (tertiary/aromatic N) is 2. The lowest BCUT2D eigenvalue weighted by Crippen LogP contribution is -2.50. The minimum Gasteiger partial charge on any atom is -0.493 e. The van der Waals surface area contributed by atoms with Crippen molar-refractivity contribution < 1.29 is 23.9 Å². The van der Waals surface area contributed by atoms with E-state index in [0.29, 0.717) is 47.7 Å². The van der Waals surface area contributed by atoms with E-state index in [9.17, 15) is 19.2 Å². The second-order valence-electron chi connectivity index (χ2n) is 9.26. The molecule has 2 aliphatic rings. The standard InChI is InChI=1S/C27H31N3O5/c1-4-35-23-12-11-18(15-30-26(33)20-9-5-6-10-21(20)27(30)34)14-22(23)25(32)29-13-7-8-19(16-29)28-24(31)17(2)3/h5-6,9-12,14,17,19H,4,7-8,13,15-16H2,1-3H3,(H,28,31). The second kappa shape index (κ2) is 10.3. The molecule has 2 aliphatic heterocycles. The lowest BCUT2D eigenvalue weighted by Gasteiger charge is -2.34. The minimum absolute atomic E-state index is 0.0257. The van der Waals surface area contributed by atoms with Gasteiger partial charge in [0.1, 0.15) is 5.75 Å². The largest absolute Gasteiger partial charge is 0.493 e. The second-order valence-corrected chi connectivity index (χ2v) is 9.26. The van der Waals surface area contributed by atoms with Crippen molar-refractivity contribution in [1.29, 1.82) is 0 Å². The van der Waals surface area contributed by atoms with E-state index in [0.717, 1.165) is 12.8 Å². The van der Waals surface area contributed by atoms with Gasteiger partial charge in [0.05, 0.1) is 29.8 Å². The Kier molecular flexibility index (Phi) is 7.19. The lowest BCUT2D eigenvalue weighted by molar-refractivity contribution is -0.125. The first-order chi connectivity index (χ1) is 16.8. The fraction of sp³-hybridized carbons (Fsp3) is 0.407. The van der Waals surface area contributed by atoms with Crippen molar-refractivity contribution in [3.63, 3.8) is 0 Å². The molecule has 0 spiro atoms. The normalized spacial score (nSPS) is 17.5. The summed E-state index contributed by atoms with van der Waals surface area (Å²) in [6.45, 7) is 6.99. The Hall–Kier alpha value is -3.68. The highest BCUT2D eigenvalue weighted by Gasteiger charge is 2.35. The third-order valence-electron chi connectivity index (χ3n) is 6.37. The molecule has 0 aromatic heterocycles. The molecule has 2 aromatic carbocycles. The van der Waals surface area contributed by atoms with E-state index in [1.165, 1.54) is 4.90 Å². The number of fused-ring (bicyclic) bond motifs is 1. The summed E-state index contributed by atoms with van der Waals surface area (Å²) < 4.78 is 5.73. The van der Waals surface area contributed by atoms with Crippen molar-refractivity contribution in [1.82, 2.24) is 15.1 Å². The monoisotopic (exact) mass is 477 g/mol. The maximum atomic E-state index is 13.5. The van der Waals surface area contributed by atoms with Crippen molar-refractivity contribution in [3.8, 4) is 5.75 Å². The fourth-order valence-electron chi connectivity index (χ4n) is 4.51. The summed E-state index contributed by atoms with van der Waals surface area (Å²) in [6.07, 6.45) is 1.60. The molecular formula is C27H31N3O5. The van der Waals surface area contributed by atoms with Crippen LogP contribution in [0.2, 0.25) is 0 Å². The number of nitrogens with one attached hydrogen (secondary N) is 1. The maximum absolute atomic E-state index is 13.5. The lowest BCUT2D eigenvalue weighted by atomic mass is 10.0. The van der Waals surface area contributed by atoms with Crippen LogP contribution in [0.15, 0.2) is 42.5 Å². The third-order valence-corrected chi connectivity index (χ3v) is 6.37. The van der Waals surface area contributed by atoms with Crippen LogP contribution in [-0.2, 0) is 11.3 Å². The molecule has 184 valence electrons. The average molecular weight is 478 g/mol. The smallest absolute Gasteiger partial charge is 0.261 e. The molecule has 1 N–H and O–H groups in total. The van der Waals surface area contributed by atoms with Gasteiger partial charge >= 0.3 is 0 Å². The van der Waals surface area contributed by atoms with E-state index in [-0.39, 0.29) is 42.1 Å². The zero-order chi connectivity index (χ0) is 25.1. The predicted octanol–water partition coefficient (Wildman–Crippen LogP) is 3.26. The van der Waals surface area contributed by atoms with Crippen molar-refractivity contribution in [2.75, 3.05) is 19.7 Å². The van der Waals surface area contributed by atoms with Crippen LogP contribution in [0.5, 0.6) is 5.75 Å². The number of benzene rings is 2. The van der Waals surface area contributed by atoms with Gasteiger partial charge in [0.15, 0.2) is 0 Å². The number of amides is 4. The predicted molar refractivity (Wildman–Crippen MR) is 130 cm³/mol. The van der Waals surface area contributed by atoms with Crippen molar-refractivity contribution in [2.45, 2.75) is 46.2 Å². The highest BCUT2D eigenvalue weighted by Crippen LogP contribution is 2.28. The van der Waals surface area contributed by atoms with Gasteiger partial charge in [0, 0.05) is 25.0 Å². The highest BCUT2D eigenvalue weighted by molar-refractivity contribution is 6.21. The first kappa shape index (κ1) is 24.4. The molecule has 4 amide bonds. The summed E-state index contributed by atoms with van der Waals surface area (Å²) in [5, 5.41) is 3.03. The van der Waals surface area contributed by atoms with Gasteiger partial charge in [-0.15, -0.1) is 0 Å². The molecule has 8 nitrogen and oxygen atoms in total. The van der Waals surface area contributed by atoms with Crippen molar-refractivity contribution in [2.24, 2.45) is 5.92 Å². The van der Waals surface area contributed by atoms with E-state index in [1.807, 2.05) is 20.8 Å². The molecule has 1 atom stereocenters. The Labute approximate surface area is 205 Å². The van der Waals surface area contributed by atoms with Crippen LogP contribution >= 0.6 is 0 Å². The maximum Gasteiger partial charge on any atom is 0.261 e. The average Bonchev–Trinajstić information content (AvgIpc) is 3.09. The number of rotatable bonds is 7. The topological polar surface area (TPSA) is 96.0 Å². The molecular weight excluding hydrogens is 446 g/mol. The molecule has 4 rings (SSSR count). The van der Waals surface area contributed by atoms with Gasteiger partial charge in [-0.2, -0.15) is 0 Å². The van der Waals surface area contributed by atoms with Gasteiger partial charge in [0.25, 0.3) is 17.7 Å². The Balaban J connectivity index is 1.54. The number of hydrogen-bond donors (Lipinski definition) is 1. The summed E-state index contributed by atoms with van der Waals surface area (Å²) in [6, 6.07) is 11.8. The molecule has 1 unspecified atom stereocenters. The van der Waals surface area contributed by atoms with E-state index in [4.69, 9.17) is 4.74 Å². The Morgan fingerprint density at radius 1 is 1.09 bits per heavy atom. The van der Waals surface area contributed by atoms with Gasteiger partial charge in [-0.05, 0) is 49.6 Å². The van der Waals surface area contributed by atoms with Gasteiger partial charge < -0.3 is 15.0 Å². The number of carbonyl (C=O) groups excluding carboxylic acids is 4. The van der Waals surface area contributed by atoms with E-state index < -0.39 is 0 Å². The summed E-state index contributed by atoms with van der Waals surface area (Å²) in [4.78, 5) is 54.2. The van der Waals surface area contributed by atoms with Crippen LogP contribution in [0.25, 0.3) is 0 Å². The van der Waals surface area contributed by atoms with Crippen LogP contribution in [-0.4, -0.2) is 59.2 Å². The molecule has 0 saturated carbocycles. The van der Waals surface area contributed by atoms with Crippen molar-refractivity contribution >= 4 is 23.6 Å². The number of piperidine rings is 1. The van der Waals surface area contributed by atoms with Gasteiger partial charge in [-0.3, -0.25) is 24.1 Å². The molecule has 1 saturated heterocycles. The molecule has 0 radical (unpaired) electrons. The Bertz CT molecular complexity index is 1120. The molecule has 2 heterocycles. The highest BCUT2D eigenvalue weighted by atomic mass is 16.5. The number of imide groups is 1. The summed E-state index contributed by atoms with van der Waals surface area (Å²) in [7, 11) is 0. The molecule has 0 bridgehead atoms. The van der Waals surface area contributed by atoms with E-state index >= 15 is 0 Å². The number of hydrogen-bond acceptors (Lipinski definition) is 5. The summed E-state index contributed by atoms with van der Waals surface area (Å²) in [5.74, 6) is -0.566. The number of ether oxygens (including phenoxy) is 1. The molecule has 8 heteroatoms. The summed E-state index contributed by atoms with van der Waals surface area (Å²) in [5.41, 5.74) is 1.83. The van der Waals surface area contributed by atoms with Crippen LogP contribution in [0.3, 0.4) is 0 Å². The molecule has 35 heavy (non-hydrogen) atoms. The SMILES string of the molecule is CCOc1ccc(CN2C(=O)c3ccccc3C2=O)cc1C(=O)N1CCCC(NC(=O)C(C)C)C1. The quantitative estimate of drug-likeness (QED) is 0.618. The minimum atomic E-state index is -0.341. The molecule has 1 fully saturated rings. The van der Waals surface area contributed by atoms with E-state index in [2.05, 4.69) is 5.32 Å². The molecule has 0 aliphatic carbocycles. The zero-order valence-electron chi connectivity index (χ0n) is 20.4. The Morgan fingerprint density at radius 2 is 1.77 bits per heavy atom. The van der Waals surface area contributed by atoms with Gasteiger partial charge in [-0.1, -0.05) is 32.0 Å². The fourth-order valence-corrected chi connectivity index (χ4v) is 4.51. The van der Waals surface area contributed by atoms with Crippen molar-refractivity contribution in [3.05, 3.63) is 64.7 Å². The van der Waals surface area contributed by atoms with Gasteiger partial charge in [0.2, 0.25) is 5.91 Å².